The quantitative estimate of drug-likeness (QED) is 0.293. The first-order valence-corrected chi connectivity index (χ1v) is 13.4. The van der Waals surface area contributed by atoms with Gasteiger partial charge in [0.05, 0.1) is 13.0 Å². The van der Waals surface area contributed by atoms with E-state index >= 15 is 0 Å². The van der Waals surface area contributed by atoms with Crippen molar-refractivity contribution in [2.24, 2.45) is 5.41 Å². The first-order chi connectivity index (χ1) is 18.7. The van der Waals surface area contributed by atoms with Gasteiger partial charge in [-0.05, 0) is 64.0 Å². The number of Topliss-reactive ketones (excluding diaryl/α,β-unsaturated/α-hetero) is 1. The molecule has 1 amide bonds. The minimum absolute atomic E-state index is 0.0210. The van der Waals surface area contributed by atoms with Crippen molar-refractivity contribution in [1.29, 1.82) is 0 Å². The number of nitrogens with one attached hydrogen (secondary N) is 1. The second-order valence-corrected chi connectivity index (χ2v) is 12.5. The van der Waals surface area contributed by atoms with Gasteiger partial charge in [-0.25, -0.2) is 14.0 Å². The minimum Gasteiger partial charge on any atom is -0.444 e. The van der Waals surface area contributed by atoms with Crippen LogP contribution < -0.4 is 5.32 Å². The molecule has 1 aliphatic carbocycles. The van der Waals surface area contributed by atoms with Crippen molar-refractivity contribution in [2.45, 2.75) is 91.7 Å². The second kappa shape index (κ2) is 10.9. The van der Waals surface area contributed by atoms with Gasteiger partial charge < -0.3 is 9.26 Å². The summed E-state index contributed by atoms with van der Waals surface area (Å²) in [6, 6.07) is 6.95. The molecule has 212 valence electrons. The van der Waals surface area contributed by atoms with Gasteiger partial charge in [0.2, 0.25) is 0 Å². The SMILES string of the molecule is [C-]#[N+]c1c(-c2ccc(CC(=O)Cc3onc(C4CC(C)(C)C4)c3F)cc2)nn(C(C)C)c1NC(=O)OC(C)(C)C. The fourth-order valence-electron chi connectivity index (χ4n) is 5.02. The number of amides is 1. The van der Waals surface area contributed by atoms with E-state index in [1.54, 1.807) is 49.7 Å². The molecule has 2 aromatic heterocycles. The Labute approximate surface area is 233 Å². The molecule has 0 saturated heterocycles. The summed E-state index contributed by atoms with van der Waals surface area (Å²) >= 11 is 0. The van der Waals surface area contributed by atoms with Crippen molar-refractivity contribution >= 4 is 23.4 Å². The highest BCUT2D eigenvalue weighted by Gasteiger charge is 2.40. The number of ether oxygens (including phenoxy) is 1. The van der Waals surface area contributed by atoms with E-state index in [-0.39, 0.29) is 53.3 Å². The summed E-state index contributed by atoms with van der Waals surface area (Å²) in [5.74, 6) is -0.431. The number of carbonyl (C=O) groups excluding carboxylic acids is 2. The van der Waals surface area contributed by atoms with Crippen molar-refractivity contribution in [3.8, 4) is 11.3 Å². The molecular weight excluding hydrogens is 513 g/mol. The molecule has 40 heavy (non-hydrogen) atoms. The molecule has 0 atom stereocenters. The highest BCUT2D eigenvalue weighted by Crippen LogP contribution is 2.50. The average molecular weight is 550 g/mol. The zero-order chi connectivity index (χ0) is 29.4. The van der Waals surface area contributed by atoms with Gasteiger partial charge in [-0.2, -0.15) is 5.10 Å². The summed E-state index contributed by atoms with van der Waals surface area (Å²) in [7, 11) is 0. The van der Waals surface area contributed by atoms with Crippen molar-refractivity contribution in [3.63, 3.8) is 0 Å². The number of halogens is 1. The molecule has 0 unspecified atom stereocenters. The zero-order valence-corrected chi connectivity index (χ0v) is 24.1. The maximum absolute atomic E-state index is 14.8. The fourth-order valence-corrected chi connectivity index (χ4v) is 5.02. The predicted octanol–water partition coefficient (Wildman–Crippen LogP) is 7.41. The lowest BCUT2D eigenvalue weighted by Crippen LogP contribution is -2.30. The van der Waals surface area contributed by atoms with Gasteiger partial charge in [-0.1, -0.05) is 43.3 Å². The number of hydrogen-bond acceptors (Lipinski definition) is 6. The summed E-state index contributed by atoms with van der Waals surface area (Å²) in [6.45, 7) is 21.1. The first-order valence-electron chi connectivity index (χ1n) is 13.4. The Balaban J connectivity index is 1.47. The number of benzene rings is 1. The summed E-state index contributed by atoms with van der Waals surface area (Å²) in [5, 5.41) is 11.2. The number of hydrogen-bond donors (Lipinski definition) is 1. The van der Waals surface area contributed by atoms with Crippen LogP contribution in [0.15, 0.2) is 28.8 Å². The average Bonchev–Trinajstić information content (AvgIpc) is 3.36. The van der Waals surface area contributed by atoms with Gasteiger partial charge in [-0.15, -0.1) is 0 Å². The Hall–Kier alpha value is -4.00. The monoisotopic (exact) mass is 549 g/mol. The van der Waals surface area contributed by atoms with Crippen molar-refractivity contribution < 1.29 is 23.2 Å². The van der Waals surface area contributed by atoms with Crippen LogP contribution in [-0.2, 0) is 22.4 Å². The molecule has 1 N–H and O–H groups in total. The van der Waals surface area contributed by atoms with E-state index in [4.69, 9.17) is 15.8 Å². The fraction of sp³-hybridized carbons (Fsp3) is 0.500. The van der Waals surface area contributed by atoms with Gasteiger partial charge in [-0.3, -0.25) is 14.8 Å². The Morgan fingerprint density at radius 1 is 1.23 bits per heavy atom. The molecule has 0 spiro atoms. The lowest BCUT2D eigenvalue weighted by Gasteiger charge is -2.41. The van der Waals surface area contributed by atoms with E-state index in [0.717, 1.165) is 18.4 Å². The predicted molar refractivity (Wildman–Crippen MR) is 149 cm³/mol. The number of carbonyl (C=O) groups is 2. The van der Waals surface area contributed by atoms with Gasteiger partial charge in [0, 0.05) is 18.4 Å². The van der Waals surface area contributed by atoms with Gasteiger partial charge >= 0.3 is 6.09 Å². The molecule has 10 heteroatoms. The molecule has 9 nitrogen and oxygen atoms in total. The maximum Gasteiger partial charge on any atom is 0.412 e. The van der Waals surface area contributed by atoms with Crippen molar-refractivity contribution in [3.05, 3.63) is 58.5 Å². The molecule has 0 radical (unpaired) electrons. The molecule has 2 heterocycles. The molecule has 1 fully saturated rings. The molecule has 3 aromatic rings. The van der Waals surface area contributed by atoms with Crippen LogP contribution in [0, 0.1) is 17.8 Å². The third-order valence-electron chi connectivity index (χ3n) is 6.80. The van der Waals surface area contributed by atoms with Gasteiger partial charge in [0.15, 0.2) is 11.6 Å². The minimum atomic E-state index is -0.698. The molecule has 0 bridgehead atoms. The van der Waals surface area contributed by atoms with Crippen LogP contribution in [0.4, 0.5) is 20.7 Å². The summed E-state index contributed by atoms with van der Waals surface area (Å²) in [5.41, 5.74) is 1.78. The molecule has 1 aliphatic rings. The van der Waals surface area contributed by atoms with Crippen LogP contribution in [0.1, 0.15) is 90.3 Å². The molecule has 1 saturated carbocycles. The standard InChI is InChI=1S/C30H36FN5O4/c1-17(2)36-27(33-28(38)39-29(3,4)5)26(32-8)25(34-36)19-11-9-18(10-12-19)13-21(37)14-22-23(31)24(35-40-22)20-15-30(6,7)16-20/h9-12,17,20H,13-16H2,1-7H3,(H,33,38). The zero-order valence-electron chi connectivity index (χ0n) is 24.1. The number of ketones is 1. The van der Waals surface area contributed by atoms with E-state index in [2.05, 4.69) is 34.3 Å². The third kappa shape index (κ3) is 6.41. The maximum atomic E-state index is 14.8. The Bertz CT molecular complexity index is 1450. The van der Waals surface area contributed by atoms with E-state index < -0.39 is 17.5 Å². The number of nitrogens with zero attached hydrogens (tertiary/aromatic N) is 4. The number of aromatic nitrogens is 3. The second-order valence-electron chi connectivity index (χ2n) is 12.5. The smallest absolute Gasteiger partial charge is 0.412 e. The Kier molecular flexibility index (Phi) is 7.88. The summed E-state index contributed by atoms with van der Waals surface area (Å²) < 4.78 is 27.0. The highest BCUT2D eigenvalue weighted by molar-refractivity contribution is 5.93. The molecule has 0 aliphatic heterocycles. The van der Waals surface area contributed by atoms with E-state index in [0.29, 0.717) is 17.0 Å². The van der Waals surface area contributed by atoms with Crippen LogP contribution in [-0.4, -0.2) is 32.4 Å². The van der Waals surface area contributed by atoms with Crippen molar-refractivity contribution in [1.82, 2.24) is 14.9 Å². The summed E-state index contributed by atoms with van der Waals surface area (Å²) in [6.07, 6.45) is 0.940. The Morgan fingerprint density at radius 3 is 2.42 bits per heavy atom. The van der Waals surface area contributed by atoms with Crippen LogP contribution in [0.25, 0.3) is 16.1 Å². The van der Waals surface area contributed by atoms with E-state index in [9.17, 15) is 14.0 Å². The highest BCUT2D eigenvalue weighted by atomic mass is 19.1. The summed E-state index contributed by atoms with van der Waals surface area (Å²) in [4.78, 5) is 28.8. The number of anilines is 1. The number of rotatable bonds is 8. The lowest BCUT2D eigenvalue weighted by molar-refractivity contribution is -0.118. The largest absolute Gasteiger partial charge is 0.444 e. The van der Waals surface area contributed by atoms with Crippen LogP contribution in [0.3, 0.4) is 0 Å². The van der Waals surface area contributed by atoms with Gasteiger partial charge in [0.1, 0.15) is 28.6 Å². The van der Waals surface area contributed by atoms with Gasteiger partial charge in [0.25, 0.3) is 5.69 Å². The van der Waals surface area contributed by atoms with E-state index in [1.807, 2.05) is 13.8 Å². The van der Waals surface area contributed by atoms with Crippen molar-refractivity contribution in [2.75, 3.05) is 5.32 Å². The van der Waals surface area contributed by atoms with Crippen LogP contribution in [0.2, 0.25) is 0 Å². The third-order valence-corrected chi connectivity index (χ3v) is 6.80. The topological polar surface area (TPSA) is 104 Å². The normalized spacial score (nSPS) is 15.0. The van der Waals surface area contributed by atoms with Crippen LogP contribution >= 0.6 is 0 Å². The van der Waals surface area contributed by atoms with E-state index in [1.165, 1.54) is 0 Å². The molecular formula is C30H36FN5O4. The molecule has 4 rings (SSSR count). The first kappa shape index (κ1) is 29.0. The molecule has 1 aromatic carbocycles. The lowest BCUT2D eigenvalue weighted by atomic mass is 9.63. The Morgan fingerprint density at radius 2 is 1.88 bits per heavy atom. The van der Waals surface area contributed by atoms with Crippen LogP contribution in [0.5, 0.6) is 0 Å².